The number of carbonyl (C=O) groups excluding carboxylic acids is 3. The summed E-state index contributed by atoms with van der Waals surface area (Å²) in [7, 11) is 1.68. The van der Waals surface area contributed by atoms with Crippen LogP contribution in [-0.2, 0) is 9.53 Å². The Bertz CT molecular complexity index is 952. The van der Waals surface area contributed by atoms with Gasteiger partial charge < -0.3 is 29.9 Å². The van der Waals surface area contributed by atoms with E-state index in [1.165, 1.54) is 4.90 Å². The van der Waals surface area contributed by atoms with Crippen LogP contribution in [-0.4, -0.2) is 78.7 Å². The number of benzene rings is 1. The molecule has 200 valence electrons. The van der Waals surface area contributed by atoms with E-state index in [9.17, 15) is 14.4 Å². The summed E-state index contributed by atoms with van der Waals surface area (Å²) in [5, 5.41) is 6.30. The molecule has 1 aromatic rings. The van der Waals surface area contributed by atoms with Crippen LogP contribution in [0.25, 0.3) is 0 Å². The lowest BCUT2D eigenvalue weighted by Crippen LogP contribution is -2.49. The molecule has 0 spiro atoms. The topological polar surface area (TPSA) is 100 Å². The lowest BCUT2D eigenvalue weighted by atomic mass is 9.96. The molecule has 0 aromatic heterocycles. The number of hydrogen-bond acceptors (Lipinski definition) is 6. The van der Waals surface area contributed by atoms with Crippen LogP contribution in [0.3, 0.4) is 0 Å². The molecule has 9 nitrogen and oxygen atoms in total. The van der Waals surface area contributed by atoms with Gasteiger partial charge >= 0.3 is 6.09 Å². The van der Waals surface area contributed by atoms with Crippen LogP contribution in [0, 0.1) is 11.8 Å². The van der Waals surface area contributed by atoms with Gasteiger partial charge in [0.2, 0.25) is 5.91 Å². The number of rotatable bonds is 5. The zero-order valence-electron chi connectivity index (χ0n) is 22.7. The van der Waals surface area contributed by atoms with Crippen molar-refractivity contribution in [2.75, 3.05) is 38.5 Å². The lowest BCUT2D eigenvalue weighted by Gasteiger charge is -2.38. The van der Waals surface area contributed by atoms with E-state index < -0.39 is 17.8 Å². The SMILES string of the molecule is CC(C)N1C[C@H](C)[C@@H](CN(C)C(=O)OC(C)(C)C)Oc2c(NC(=O)C3CCNCC3)cccc2C1=O. The zero-order valence-corrected chi connectivity index (χ0v) is 22.7. The van der Waals surface area contributed by atoms with Crippen LogP contribution in [0.15, 0.2) is 18.2 Å². The van der Waals surface area contributed by atoms with Crippen molar-refractivity contribution in [3.05, 3.63) is 23.8 Å². The number of nitrogens with one attached hydrogen (secondary N) is 2. The molecule has 2 heterocycles. The third-order valence-electron chi connectivity index (χ3n) is 6.65. The fraction of sp³-hybridized carbons (Fsp3) is 0.667. The molecule has 36 heavy (non-hydrogen) atoms. The van der Waals surface area contributed by atoms with Gasteiger partial charge in [0.15, 0.2) is 5.75 Å². The monoisotopic (exact) mass is 502 g/mol. The van der Waals surface area contributed by atoms with Crippen molar-refractivity contribution >= 4 is 23.6 Å². The highest BCUT2D eigenvalue weighted by molar-refractivity contribution is 6.02. The maximum atomic E-state index is 13.6. The van der Waals surface area contributed by atoms with Gasteiger partial charge in [-0.3, -0.25) is 9.59 Å². The van der Waals surface area contributed by atoms with Crippen molar-refractivity contribution in [3.8, 4) is 5.75 Å². The van der Waals surface area contributed by atoms with Gasteiger partial charge in [-0.1, -0.05) is 13.0 Å². The number of nitrogens with zero attached hydrogens (tertiary/aromatic N) is 2. The predicted octanol–water partition coefficient (Wildman–Crippen LogP) is 3.74. The summed E-state index contributed by atoms with van der Waals surface area (Å²) in [6, 6.07) is 5.25. The van der Waals surface area contributed by atoms with Crippen LogP contribution in [0.5, 0.6) is 5.75 Å². The first-order valence-corrected chi connectivity index (χ1v) is 12.9. The maximum absolute atomic E-state index is 13.6. The first kappa shape index (κ1) is 27.8. The Kier molecular flexibility index (Phi) is 8.87. The Morgan fingerprint density at radius 3 is 2.53 bits per heavy atom. The van der Waals surface area contributed by atoms with Gasteiger partial charge in [-0.05, 0) is 72.7 Å². The predicted molar refractivity (Wildman–Crippen MR) is 139 cm³/mol. The molecule has 1 saturated heterocycles. The number of anilines is 1. The summed E-state index contributed by atoms with van der Waals surface area (Å²) in [5.74, 6) is -0.0263. The molecule has 0 aliphatic carbocycles. The van der Waals surface area contributed by atoms with E-state index in [1.807, 2.05) is 46.4 Å². The molecule has 0 bridgehead atoms. The van der Waals surface area contributed by atoms with Gasteiger partial charge in [-0.15, -0.1) is 0 Å². The quantitative estimate of drug-likeness (QED) is 0.636. The molecule has 0 unspecified atom stereocenters. The Balaban J connectivity index is 1.93. The summed E-state index contributed by atoms with van der Waals surface area (Å²) in [6.45, 7) is 13.8. The fourth-order valence-corrected chi connectivity index (χ4v) is 4.53. The van der Waals surface area contributed by atoms with Gasteiger partial charge in [-0.25, -0.2) is 4.79 Å². The van der Waals surface area contributed by atoms with E-state index in [0.29, 0.717) is 23.5 Å². The van der Waals surface area contributed by atoms with E-state index in [0.717, 1.165) is 25.9 Å². The first-order chi connectivity index (χ1) is 16.9. The molecule has 2 aliphatic heterocycles. The van der Waals surface area contributed by atoms with Crippen molar-refractivity contribution in [2.24, 2.45) is 11.8 Å². The minimum Gasteiger partial charge on any atom is -0.485 e. The van der Waals surface area contributed by atoms with Crippen molar-refractivity contribution in [2.45, 2.75) is 72.1 Å². The summed E-state index contributed by atoms with van der Waals surface area (Å²) < 4.78 is 12.0. The molecule has 1 fully saturated rings. The van der Waals surface area contributed by atoms with Crippen LogP contribution in [0.4, 0.5) is 10.5 Å². The fourth-order valence-electron chi connectivity index (χ4n) is 4.53. The minimum absolute atomic E-state index is 0.0249. The lowest BCUT2D eigenvalue weighted by molar-refractivity contribution is -0.120. The Morgan fingerprint density at radius 2 is 1.92 bits per heavy atom. The second-order valence-corrected chi connectivity index (χ2v) is 11.2. The maximum Gasteiger partial charge on any atom is 0.410 e. The van der Waals surface area contributed by atoms with E-state index in [2.05, 4.69) is 10.6 Å². The largest absolute Gasteiger partial charge is 0.485 e. The zero-order chi connectivity index (χ0) is 26.6. The highest BCUT2D eigenvalue weighted by Crippen LogP contribution is 2.35. The Labute approximate surface area is 214 Å². The number of fused-ring (bicyclic) bond motifs is 1. The van der Waals surface area contributed by atoms with Gasteiger partial charge in [0, 0.05) is 31.5 Å². The van der Waals surface area contributed by atoms with Gasteiger partial charge in [-0.2, -0.15) is 0 Å². The third kappa shape index (κ3) is 6.90. The van der Waals surface area contributed by atoms with Crippen LogP contribution < -0.4 is 15.4 Å². The number of ether oxygens (including phenoxy) is 2. The molecule has 9 heteroatoms. The molecular weight excluding hydrogens is 460 g/mol. The molecule has 1 aromatic carbocycles. The second-order valence-electron chi connectivity index (χ2n) is 11.2. The van der Waals surface area contributed by atoms with Gasteiger partial charge in [0.05, 0.1) is 17.8 Å². The number of hydrogen-bond donors (Lipinski definition) is 2. The first-order valence-electron chi connectivity index (χ1n) is 12.9. The van der Waals surface area contributed by atoms with Crippen LogP contribution in [0.1, 0.15) is 64.7 Å². The second kappa shape index (κ2) is 11.5. The smallest absolute Gasteiger partial charge is 0.410 e. The number of para-hydroxylation sites is 1. The average molecular weight is 503 g/mol. The normalized spacial score (nSPS) is 21.2. The third-order valence-corrected chi connectivity index (χ3v) is 6.65. The van der Waals surface area contributed by atoms with Crippen molar-refractivity contribution in [3.63, 3.8) is 0 Å². The standard InChI is InChI=1S/C27H42N4O5/c1-17(2)31-15-18(3)22(16-30(7)26(34)36-27(4,5)6)35-23-20(25(31)33)9-8-10-21(23)29-24(32)19-11-13-28-14-12-19/h8-10,17-19,22,28H,11-16H2,1-7H3,(H,29,32)/t18-,22+/m0/s1. The average Bonchev–Trinajstić information content (AvgIpc) is 2.80. The molecule has 3 amide bonds. The summed E-state index contributed by atoms with van der Waals surface area (Å²) in [6.07, 6.45) is 0.668. The Morgan fingerprint density at radius 1 is 1.25 bits per heavy atom. The molecule has 0 radical (unpaired) electrons. The van der Waals surface area contributed by atoms with Crippen molar-refractivity contribution < 1.29 is 23.9 Å². The van der Waals surface area contributed by atoms with E-state index >= 15 is 0 Å². The molecular formula is C27H42N4O5. The summed E-state index contributed by atoms with van der Waals surface area (Å²) in [5.41, 5.74) is 0.272. The van der Waals surface area contributed by atoms with Crippen molar-refractivity contribution in [1.82, 2.24) is 15.1 Å². The van der Waals surface area contributed by atoms with Crippen molar-refractivity contribution in [1.29, 1.82) is 0 Å². The summed E-state index contributed by atoms with van der Waals surface area (Å²) in [4.78, 5) is 42.6. The molecule has 3 rings (SSSR count). The van der Waals surface area contributed by atoms with Gasteiger partial charge in [0.25, 0.3) is 5.91 Å². The van der Waals surface area contributed by atoms with Gasteiger partial charge in [0.1, 0.15) is 11.7 Å². The Hall–Kier alpha value is -2.81. The minimum atomic E-state index is -0.613. The van der Waals surface area contributed by atoms with E-state index in [-0.39, 0.29) is 36.2 Å². The van der Waals surface area contributed by atoms with E-state index in [4.69, 9.17) is 9.47 Å². The highest BCUT2D eigenvalue weighted by Gasteiger charge is 2.35. The highest BCUT2D eigenvalue weighted by atomic mass is 16.6. The number of carbonyl (C=O) groups is 3. The number of piperidine rings is 1. The summed E-state index contributed by atoms with van der Waals surface area (Å²) >= 11 is 0. The molecule has 2 N–H and O–H groups in total. The number of amides is 3. The molecule has 2 atom stereocenters. The van der Waals surface area contributed by atoms with Crippen LogP contribution >= 0.6 is 0 Å². The number of likely N-dealkylation sites (N-methyl/N-ethyl adjacent to an activating group) is 1. The molecule has 2 aliphatic rings. The van der Waals surface area contributed by atoms with E-state index in [1.54, 1.807) is 25.2 Å². The molecule has 0 saturated carbocycles. The van der Waals surface area contributed by atoms with Crippen LogP contribution in [0.2, 0.25) is 0 Å².